The molecule has 0 saturated heterocycles. The molecule has 0 unspecified atom stereocenters. The van der Waals surface area contributed by atoms with Crippen molar-refractivity contribution in [2.75, 3.05) is 0 Å². The maximum atomic E-state index is 6.91. The molecule has 0 atom stereocenters. The van der Waals surface area contributed by atoms with E-state index in [-0.39, 0.29) is 0 Å². The fourth-order valence-electron chi connectivity index (χ4n) is 7.87. The molecule has 3 aromatic heterocycles. The molecule has 4 heteroatoms. The van der Waals surface area contributed by atoms with Gasteiger partial charge in [-0.15, -0.1) is 0 Å². The number of nitrogens with zero attached hydrogens (tertiary/aromatic N) is 2. The maximum Gasteiger partial charge on any atom is 0.246 e. The van der Waals surface area contributed by atoms with Gasteiger partial charge in [-0.05, 0) is 68.1 Å². The van der Waals surface area contributed by atoms with Gasteiger partial charge in [0.1, 0.15) is 22.3 Å². The summed E-state index contributed by atoms with van der Waals surface area (Å²) in [5.41, 5.74) is 12.2. The Labute approximate surface area is 298 Å². The minimum atomic E-state index is 0.540. The van der Waals surface area contributed by atoms with E-state index in [1.54, 1.807) is 0 Å². The zero-order valence-corrected chi connectivity index (χ0v) is 27.9. The smallest absolute Gasteiger partial charge is 0.246 e. The second-order valence-electron chi connectivity index (χ2n) is 13.3. The van der Waals surface area contributed by atoms with Crippen molar-refractivity contribution in [3.63, 3.8) is 0 Å². The Kier molecular flexibility index (Phi) is 6.22. The van der Waals surface area contributed by atoms with Gasteiger partial charge in [0.15, 0.2) is 0 Å². The monoisotopic (exact) mass is 664 g/mol. The first-order chi connectivity index (χ1) is 25.8. The molecule has 242 valence electrons. The van der Waals surface area contributed by atoms with E-state index < -0.39 is 0 Å². The van der Waals surface area contributed by atoms with Crippen LogP contribution in [0.15, 0.2) is 179 Å². The van der Waals surface area contributed by atoms with Gasteiger partial charge in [-0.2, -0.15) is 0 Å². The molecule has 0 aliphatic carbocycles. The van der Waals surface area contributed by atoms with Crippen molar-refractivity contribution >= 4 is 65.7 Å². The molecule has 0 radical (unpaired) electrons. The number of aromatic nitrogens is 2. The molecule has 0 aliphatic heterocycles. The van der Waals surface area contributed by atoms with Crippen LogP contribution in [-0.2, 0) is 0 Å². The van der Waals surface area contributed by atoms with Crippen molar-refractivity contribution in [2.24, 2.45) is 0 Å². The molecule has 0 bridgehead atoms. The standard InChI is InChI=1S/C48H28N2O2/c1-2-11-29(12-3-1)40-27-34-14-5-7-20-37(34)43-39-22-10-21-38(46(39)52-47(40)43)33-17-8-15-31(25-33)32-16-9-18-35(26-32)41-28-49-45-44-36-19-6-4-13-30(36)23-24-42(44)51-48(45)50-41/h1-28H. The Balaban J connectivity index is 1.02. The van der Waals surface area contributed by atoms with E-state index >= 15 is 0 Å². The van der Waals surface area contributed by atoms with E-state index in [2.05, 4.69) is 146 Å². The van der Waals surface area contributed by atoms with Gasteiger partial charge in [0.25, 0.3) is 0 Å². The Morgan fingerprint density at radius 2 is 1.06 bits per heavy atom. The number of para-hydroxylation sites is 1. The summed E-state index contributed by atoms with van der Waals surface area (Å²) >= 11 is 0. The molecule has 0 fully saturated rings. The van der Waals surface area contributed by atoms with Gasteiger partial charge in [0, 0.05) is 27.5 Å². The van der Waals surface area contributed by atoms with E-state index in [9.17, 15) is 0 Å². The largest absolute Gasteiger partial charge is 0.455 e. The summed E-state index contributed by atoms with van der Waals surface area (Å²) in [6.45, 7) is 0. The van der Waals surface area contributed by atoms with Gasteiger partial charge >= 0.3 is 0 Å². The number of rotatable bonds is 4. The summed E-state index contributed by atoms with van der Waals surface area (Å²) in [5.74, 6) is 0. The summed E-state index contributed by atoms with van der Waals surface area (Å²) in [7, 11) is 0. The highest BCUT2D eigenvalue weighted by Crippen LogP contribution is 2.44. The number of fused-ring (bicyclic) bond motifs is 10. The van der Waals surface area contributed by atoms with Crippen molar-refractivity contribution in [3.05, 3.63) is 170 Å². The molecule has 3 heterocycles. The first-order valence-electron chi connectivity index (χ1n) is 17.5. The predicted molar refractivity (Wildman–Crippen MR) is 213 cm³/mol. The van der Waals surface area contributed by atoms with E-state index in [4.69, 9.17) is 18.8 Å². The SMILES string of the molecule is c1ccc(-c2cc3ccccc3c3c2oc2c(-c4cccc(-c5cccc(-c6cnc7c(n6)oc6ccc8ccccc8c67)c5)c4)cccc23)cc1. The highest BCUT2D eigenvalue weighted by Gasteiger charge is 2.19. The summed E-state index contributed by atoms with van der Waals surface area (Å²) in [6, 6.07) is 57.4. The van der Waals surface area contributed by atoms with Crippen LogP contribution in [0.2, 0.25) is 0 Å². The van der Waals surface area contributed by atoms with Crippen LogP contribution < -0.4 is 0 Å². The minimum absolute atomic E-state index is 0.540. The van der Waals surface area contributed by atoms with Crippen molar-refractivity contribution in [2.45, 2.75) is 0 Å². The van der Waals surface area contributed by atoms with Gasteiger partial charge in [0.05, 0.1) is 17.3 Å². The third-order valence-electron chi connectivity index (χ3n) is 10.3. The summed E-state index contributed by atoms with van der Waals surface area (Å²) in [4.78, 5) is 9.83. The van der Waals surface area contributed by atoms with E-state index in [1.807, 2.05) is 24.4 Å². The molecule has 4 nitrogen and oxygen atoms in total. The first kappa shape index (κ1) is 28.8. The van der Waals surface area contributed by atoms with E-state index in [1.165, 1.54) is 10.8 Å². The highest BCUT2D eigenvalue weighted by atomic mass is 16.3. The third-order valence-corrected chi connectivity index (χ3v) is 10.3. The molecule has 52 heavy (non-hydrogen) atoms. The fourth-order valence-corrected chi connectivity index (χ4v) is 7.87. The van der Waals surface area contributed by atoms with Crippen molar-refractivity contribution in [1.82, 2.24) is 9.97 Å². The van der Waals surface area contributed by atoms with Gasteiger partial charge in [-0.3, -0.25) is 0 Å². The maximum absolute atomic E-state index is 6.91. The molecule has 0 amide bonds. The van der Waals surface area contributed by atoms with Gasteiger partial charge < -0.3 is 8.83 Å². The average molecular weight is 665 g/mol. The first-order valence-corrected chi connectivity index (χ1v) is 17.5. The molecule has 11 aromatic rings. The number of hydrogen-bond acceptors (Lipinski definition) is 4. The lowest BCUT2D eigenvalue weighted by Crippen LogP contribution is -1.88. The van der Waals surface area contributed by atoms with Gasteiger partial charge in [-0.1, -0.05) is 140 Å². The fraction of sp³-hybridized carbons (Fsp3) is 0. The lowest BCUT2D eigenvalue weighted by molar-refractivity contribution is 0.654. The molecule has 8 aromatic carbocycles. The molecule has 0 N–H and O–H groups in total. The third kappa shape index (κ3) is 4.41. The van der Waals surface area contributed by atoms with Crippen LogP contribution in [0.5, 0.6) is 0 Å². The Morgan fingerprint density at radius 1 is 0.404 bits per heavy atom. The highest BCUT2D eigenvalue weighted by molar-refractivity contribution is 6.24. The zero-order chi connectivity index (χ0) is 34.2. The lowest BCUT2D eigenvalue weighted by atomic mass is 9.94. The lowest BCUT2D eigenvalue weighted by Gasteiger charge is -2.08. The van der Waals surface area contributed by atoms with Crippen molar-refractivity contribution < 1.29 is 8.83 Å². The van der Waals surface area contributed by atoms with Crippen molar-refractivity contribution in [1.29, 1.82) is 0 Å². The van der Waals surface area contributed by atoms with Crippen LogP contribution in [0.4, 0.5) is 0 Å². The normalized spacial score (nSPS) is 11.8. The summed E-state index contributed by atoms with van der Waals surface area (Å²) in [5, 5.41) is 7.92. The molecular weight excluding hydrogens is 637 g/mol. The van der Waals surface area contributed by atoms with Gasteiger partial charge in [-0.25, -0.2) is 9.97 Å². The number of furan rings is 2. The molecular formula is C48H28N2O2. The summed E-state index contributed by atoms with van der Waals surface area (Å²) < 4.78 is 13.1. The molecule has 11 rings (SSSR count). The molecule has 0 spiro atoms. The van der Waals surface area contributed by atoms with Gasteiger partial charge in [0.2, 0.25) is 5.71 Å². The Morgan fingerprint density at radius 3 is 1.90 bits per heavy atom. The molecule has 0 aliphatic rings. The quantitative estimate of drug-likeness (QED) is 0.188. The van der Waals surface area contributed by atoms with Crippen LogP contribution in [-0.4, -0.2) is 9.97 Å². The second kappa shape index (κ2) is 11.2. The van der Waals surface area contributed by atoms with Crippen LogP contribution in [0.25, 0.3) is 110 Å². The van der Waals surface area contributed by atoms with Crippen LogP contribution >= 0.6 is 0 Å². The van der Waals surface area contributed by atoms with Crippen LogP contribution in [0, 0.1) is 0 Å². The predicted octanol–water partition coefficient (Wildman–Crippen LogP) is 13.2. The minimum Gasteiger partial charge on any atom is -0.455 e. The Hall–Kier alpha value is -7.04. The van der Waals surface area contributed by atoms with Crippen molar-refractivity contribution in [3.8, 4) is 44.6 Å². The summed E-state index contributed by atoms with van der Waals surface area (Å²) in [6.07, 6.45) is 1.85. The number of hydrogen-bond donors (Lipinski definition) is 0. The average Bonchev–Trinajstić information content (AvgIpc) is 3.80. The van der Waals surface area contributed by atoms with E-state index in [0.717, 1.165) is 93.8 Å². The van der Waals surface area contributed by atoms with Crippen LogP contribution in [0.1, 0.15) is 0 Å². The number of benzene rings is 8. The van der Waals surface area contributed by atoms with E-state index in [0.29, 0.717) is 5.71 Å². The zero-order valence-electron chi connectivity index (χ0n) is 27.9. The molecule has 0 saturated carbocycles. The second-order valence-corrected chi connectivity index (χ2v) is 13.3. The Bertz CT molecular complexity index is 3190. The van der Waals surface area contributed by atoms with Crippen LogP contribution in [0.3, 0.4) is 0 Å². The topological polar surface area (TPSA) is 52.1 Å².